The van der Waals surface area contributed by atoms with Crippen LogP contribution >= 0.6 is 0 Å². The summed E-state index contributed by atoms with van der Waals surface area (Å²) < 4.78 is 0. The Labute approximate surface area is 318 Å². The Kier molecular flexibility index (Phi) is 19.8. The lowest BCUT2D eigenvalue weighted by atomic mass is 9.96. The first-order valence-electron chi connectivity index (χ1n) is 15.5. The van der Waals surface area contributed by atoms with Gasteiger partial charge < -0.3 is 71.2 Å². The van der Waals surface area contributed by atoms with E-state index in [1.807, 2.05) is 36.7 Å². The number of aliphatic carboxylic acids is 9. The Bertz CT molecular complexity index is 1730. The second-order valence-corrected chi connectivity index (χ2v) is 11.6. The van der Waals surface area contributed by atoms with Gasteiger partial charge in [-0.15, -0.1) is 0 Å². The van der Waals surface area contributed by atoms with Crippen LogP contribution in [0.4, 0.5) is 0 Å². The third-order valence-corrected chi connectivity index (χ3v) is 6.78. The van der Waals surface area contributed by atoms with Crippen LogP contribution in [0.3, 0.4) is 0 Å². The standard InChI is InChI=1S/2C8H7N.3C6H8O7/c2*1-2-4-8-7(3-1)5-6-9-8;3*7-3(8)1-6(13,5(11)12)2-4(9)10/h2*1-6,9H;3*13H,1-2H2,(H,7,8)(H,9,10)(H,11,12). The highest BCUT2D eigenvalue weighted by Crippen LogP contribution is 2.18. The summed E-state index contributed by atoms with van der Waals surface area (Å²) in [6, 6.07) is 20.6. The number of hydrogen-bond acceptors (Lipinski definition) is 12. The predicted molar refractivity (Wildman–Crippen MR) is 188 cm³/mol. The van der Waals surface area contributed by atoms with Gasteiger partial charge in [0, 0.05) is 23.4 Å². The van der Waals surface area contributed by atoms with Crippen molar-refractivity contribution in [3.63, 3.8) is 0 Å². The van der Waals surface area contributed by atoms with Crippen LogP contribution in [-0.4, -0.2) is 142 Å². The highest BCUT2D eigenvalue weighted by molar-refractivity contribution is 5.89. The first kappa shape index (κ1) is 49.6. The van der Waals surface area contributed by atoms with E-state index >= 15 is 0 Å². The van der Waals surface area contributed by atoms with Crippen LogP contribution in [0.15, 0.2) is 73.1 Å². The zero-order valence-electron chi connectivity index (χ0n) is 29.2. The van der Waals surface area contributed by atoms with Gasteiger partial charge >= 0.3 is 53.7 Å². The van der Waals surface area contributed by atoms with Gasteiger partial charge in [-0.3, -0.25) is 28.8 Å². The van der Waals surface area contributed by atoms with Crippen LogP contribution in [0.1, 0.15) is 38.5 Å². The summed E-state index contributed by atoms with van der Waals surface area (Å²) in [5.41, 5.74) is -5.80. The van der Waals surface area contributed by atoms with Crippen molar-refractivity contribution < 1.29 is 104 Å². The molecule has 0 unspecified atom stereocenters. The molecule has 0 radical (unpaired) electrons. The summed E-state index contributed by atoms with van der Waals surface area (Å²) in [5, 5.41) is 104. The number of aliphatic hydroxyl groups is 3. The lowest BCUT2D eigenvalue weighted by Gasteiger charge is -2.18. The van der Waals surface area contributed by atoms with Crippen LogP contribution in [0.5, 0.6) is 0 Å². The van der Waals surface area contributed by atoms with E-state index < -0.39 is 109 Å². The molecule has 0 bridgehead atoms. The quantitative estimate of drug-likeness (QED) is 0.0781. The predicted octanol–water partition coefficient (Wildman–Crippen LogP) is 0.590. The summed E-state index contributed by atoms with van der Waals surface area (Å²) in [4.78, 5) is 97.7. The van der Waals surface area contributed by atoms with Gasteiger partial charge in [0.15, 0.2) is 16.8 Å². The molecule has 2 aromatic carbocycles. The Morgan fingerprint density at radius 3 is 0.754 bits per heavy atom. The summed E-state index contributed by atoms with van der Waals surface area (Å²) >= 11 is 0. The van der Waals surface area contributed by atoms with Crippen molar-refractivity contribution in [2.24, 2.45) is 0 Å². The Morgan fingerprint density at radius 1 is 0.368 bits per heavy atom. The van der Waals surface area contributed by atoms with E-state index in [1.165, 1.54) is 21.8 Å². The van der Waals surface area contributed by atoms with Crippen LogP contribution in [0.25, 0.3) is 21.8 Å². The van der Waals surface area contributed by atoms with Crippen LogP contribution in [0.2, 0.25) is 0 Å². The Morgan fingerprint density at radius 2 is 0.579 bits per heavy atom. The van der Waals surface area contributed by atoms with E-state index in [0.717, 1.165) is 0 Å². The number of hydrogen-bond donors (Lipinski definition) is 14. The van der Waals surface area contributed by atoms with Gasteiger partial charge in [0.1, 0.15) is 0 Å². The maximum atomic E-state index is 10.3. The van der Waals surface area contributed by atoms with E-state index in [0.29, 0.717) is 0 Å². The average Bonchev–Trinajstić information content (AvgIpc) is 3.74. The van der Waals surface area contributed by atoms with E-state index in [-0.39, 0.29) is 0 Å². The van der Waals surface area contributed by atoms with Gasteiger partial charge in [0.25, 0.3) is 0 Å². The molecule has 23 heteroatoms. The zero-order valence-corrected chi connectivity index (χ0v) is 29.2. The summed E-state index contributed by atoms with van der Waals surface area (Å²) in [5.74, 6) is -15.1. The molecule has 2 aromatic heterocycles. The Balaban J connectivity index is 0.000000692. The lowest BCUT2D eigenvalue weighted by Crippen LogP contribution is -2.42. The molecule has 0 saturated heterocycles. The molecule has 57 heavy (non-hydrogen) atoms. The van der Waals surface area contributed by atoms with Gasteiger partial charge in [-0.25, -0.2) is 14.4 Å². The normalized spacial score (nSPS) is 10.6. The van der Waals surface area contributed by atoms with Crippen molar-refractivity contribution >= 4 is 75.5 Å². The fraction of sp³-hybridized carbons (Fsp3) is 0.265. The molecule has 0 spiro atoms. The summed E-state index contributed by atoms with van der Waals surface area (Å²) in [6.07, 6.45) is -2.97. The molecule has 0 saturated carbocycles. The number of aromatic amines is 2. The van der Waals surface area contributed by atoms with Crippen molar-refractivity contribution in [2.75, 3.05) is 0 Å². The molecule has 14 N–H and O–H groups in total. The third-order valence-electron chi connectivity index (χ3n) is 6.78. The largest absolute Gasteiger partial charge is 0.481 e. The van der Waals surface area contributed by atoms with Crippen LogP contribution in [0, 0.1) is 0 Å². The van der Waals surface area contributed by atoms with Crippen molar-refractivity contribution in [3.8, 4) is 0 Å². The Hall–Kier alpha value is -7.37. The number of carbonyl (C=O) groups is 9. The fourth-order valence-electron chi connectivity index (χ4n) is 4.13. The average molecular weight is 811 g/mol. The number of aromatic nitrogens is 2. The van der Waals surface area contributed by atoms with Crippen LogP contribution in [-0.2, 0) is 43.2 Å². The fourth-order valence-corrected chi connectivity index (χ4v) is 4.13. The molecule has 310 valence electrons. The maximum Gasteiger partial charge on any atom is 0.336 e. The molecular formula is C34H38N2O21. The second-order valence-electron chi connectivity index (χ2n) is 11.6. The van der Waals surface area contributed by atoms with Gasteiger partial charge in [0.05, 0.1) is 38.5 Å². The smallest absolute Gasteiger partial charge is 0.336 e. The van der Waals surface area contributed by atoms with Crippen LogP contribution < -0.4 is 0 Å². The molecule has 0 aliphatic heterocycles. The number of para-hydroxylation sites is 2. The van der Waals surface area contributed by atoms with Gasteiger partial charge in [-0.1, -0.05) is 36.4 Å². The summed E-state index contributed by atoms with van der Waals surface area (Å²) in [7, 11) is 0. The van der Waals surface area contributed by atoms with Crippen molar-refractivity contribution in [2.45, 2.75) is 55.3 Å². The number of benzene rings is 2. The zero-order chi connectivity index (χ0) is 44.1. The maximum absolute atomic E-state index is 10.3. The number of rotatable bonds is 15. The highest BCUT2D eigenvalue weighted by atomic mass is 16.4. The first-order valence-corrected chi connectivity index (χ1v) is 15.5. The molecule has 0 fully saturated rings. The van der Waals surface area contributed by atoms with Crippen molar-refractivity contribution in [1.82, 2.24) is 9.97 Å². The molecule has 4 aromatic rings. The first-order chi connectivity index (χ1) is 26.3. The second kappa shape index (κ2) is 22.8. The topological polar surface area (TPSA) is 428 Å². The third kappa shape index (κ3) is 19.0. The van der Waals surface area contributed by atoms with E-state index in [4.69, 9.17) is 61.3 Å². The monoisotopic (exact) mass is 810 g/mol. The van der Waals surface area contributed by atoms with Gasteiger partial charge in [-0.05, 0) is 35.0 Å². The summed E-state index contributed by atoms with van der Waals surface area (Å²) in [6.45, 7) is 0. The van der Waals surface area contributed by atoms with E-state index in [1.54, 1.807) is 0 Å². The molecule has 0 amide bonds. The number of nitrogens with one attached hydrogen (secondary N) is 2. The minimum Gasteiger partial charge on any atom is -0.481 e. The lowest BCUT2D eigenvalue weighted by molar-refractivity contribution is -0.170. The molecular weight excluding hydrogens is 772 g/mol. The molecule has 2 heterocycles. The van der Waals surface area contributed by atoms with Gasteiger partial charge in [0.2, 0.25) is 0 Å². The number of fused-ring (bicyclic) bond motifs is 2. The molecule has 4 rings (SSSR count). The molecule has 23 nitrogen and oxygen atoms in total. The van der Waals surface area contributed by atoms with E-state index in [9.17, 15) is 43.2 Å². The van der Waals surface area contributed by atoms with Crippen molar-refractivity contribution in [3.05, 3.63) is 73.1 Å². The minimum atomic E-state index is -2.74. The van der Waals surface area contributed by atoms with Crippen molar-refractivity contribution in [1.29, 1.82) is 0 Å². The van der Waals surface area contributed by atoms with Gasteiger partial charge in [-0.2, -0.15) is 0 Å². The SMILES string of the molecule is O=C(O)CC(O)(CC(=O)O)C(=O)O.O=C(O)CC(O)(CC(=O)O)C(=O)O.O=C(O)CC(O)(CC(=O)O)C(=O)O.c1ccc2[nH]ccc2c1.c1ccc2[nH]ccc2c1. The molecule has 0 aliphatic rings. The number of carboxylic acids is 9. The highest BCUT2D eigenvalue weighted by Gasteiger charge is 2.42. The number of H-pyrrole nitrogens is 2. The molecule has 0 aliphatic carbocycles. The minimum absolute atomic E-state index is 1.14. The van der Waals surface area contributed by atoms with E-state index in [2.05, 4.69) is 46.4 Å². The molecule has 0 atom stereocenters. The number of carboxylic acid groups (broad SMARTS) is 9.